The third kappa shape index (κ3) is 3.95. The molecule has 6 nitrogen and oxygen atoms in total. The molecular weight excluding hydrogens is 625 g/mol. The van der Waals surface area contributed by atoms with E-state index in [1.54, 1.807) is 12.1 Å². The molecule has 3 heterocycles. The summed E-state index contributed by atoms with van der Waals surface area (Å²) in [5.41, 5.74) is 9.97. The van der Waals surface area contributed by atoms with E-state index in [-0.39, 0.29) is 0 Å². The van der Waals surface area contributed by atoms with E-state index in [1.807, 2.05) is 66.7 Å². The average Bonchev–Trinajstić information content (AvgIpc) is 3.85. The van der Waals surface area contributed by atoms with Gasteiger partial charge >= 0.3 is 0 Å². The van der Waals surface area contributed by atoms with E-state index >= 15 is 0 Å². The Bertz CT molecular complexity index is 3190. The first-order valence-corrected chi connectivity index (χ1v) is 16.6. The standard InChI is InChI=1S/C45H24N6/c1-48-39-23-27(25-46)22-37(44(39)51-41-16-8-3-11-32(41)33-12-4-9-17-42(33)51)30-19-18-29(24-28(30)26-47)50-40-15-7-5-13-34(40)36-21-20-35-31-10-2-6-14-38(31)49-43(35)45(36)50/h2-24,49H. The second-order valence-corrected chi connectivity index (χ2v) is 12.7. The van der Waals surface area contributed by atoms with E-state index in [1.165, 1.54) is 0 Å². The molecule has 0 aliphatic rings. The van der Waals surface area contributed by atoms with Gasteiger partial charge in [-0.25, -0.2) is 4.85 Å². The lowest BCUT2D eigenvalue weighted by molar-refractivity contribution is 1.17. The second-order valence-electron chi connectivity index (χ2n) is 12.7. The Morgan fingerprint density at radius 2 is 1.16 bits per heavy atom. The van der Waals surface area contributed by atoms with Gasteiger partial charge in [0.05, 0.1) is 57.5 Å². The number of nitrogens with zero attached hydrogens (tertiary/aromatic N) is 5. The van der Waals surface area contributed by atoms with Crippen molar-refractivity contribution in [3.8, 4) is 34.6 Å². The number of rotatable bonds is 3. The fraction of sp³-hybridized carbons (Fsp3) is 0. The normalized spacial score (nSPS) is 11.5. The van der Waals surface area contributed by atoms with Crippen LogP contribution in [-0.4, -0.2) is 14.1 Å². The van der Waals surface area contributed by atoms with Crippen LogP contribution in [0, 0.1) is 29.2 Å². The van der Waals surface area contributed by atoms with Gasteiger partial charge < -0.3 is 14.1 Å². The number of aromatic nitrogens is 3. The van der Waals surface area contributed by atoms with Gasteiger partial charge in [0.1, 0.15) is 0 Å². The molecule has 0 unspecified atom stereocenters. The van der Waals surface area contributed by atoms with Crippen LogP contribution in [0.1, 0.15) is 11.1 Å². The largest absolute Gasteiger partial charge is 0.353 e. The number of benzene rings is 7. The van der Waals surface area contributed by atoms with E-state index in [2.05, 4.69) is 91.8 Å². The summed E-state index contributed by atoms with van der Waals surface area (Å²) in [6.07, 6.45) is 0. The van der Waals surface area contributed by atoms with Crippen LogP contribution in [0.15, 0.2) is 140 Å². The Kier molecular flexibility index (Phi) is 5.97. The lowest BCUT2D eigenvalue weighted by atomic mass is 9.95. The van der Waals surface area contributed by atoms with E-state index < -0.39 is 0 Å². The summed E-state index contributed by atoms with van der Waals surface area (Å²) in [6.45, 7) is 8.25. The van der Waals surface area contributed by atoms with Crippen molar-refractivity contribution in [1.29, 1.82) is 10.5 Å². The molecule has 0 fully saturated rings. The summed E-state index contributed by atoms with van der Waals surface area (Å²) in [6, 6.07) is 51.4. The van der Waals surface area contributed by atoms with Crippen molar-refractivity contribution in [1.82, 2.24) is 14.1 Å². The van der Waals surface area contributed by atoms with Crippen LogP contribution in [0.25, 0.3) is 92.8 Å². The molecule has 234 valence electrons. The van der Waals surface area contributed by atoms with Crippen molar-refractivity contribution in [2.75, 3.05) is 0 Å². The summed E-state index contributed by atoms with van der Waals surface area (Å²) >= 11 is 0. The molecule has 0 aliphatic heterocycles. The van der Waals surface area contributed by atoms with Crippen LogP contribution < -0.4 is 0 Å². The van der Waals surface area contributed by atoms with E-state index in [4.69, 9.17) is 6.57 Å². The smallest absolute Gasteiger partial charge is 0.212 e. The number of nitrogens with one attached hydrogen (secondary N) is 1. The molecule has 0 bridgehead atoms. The van der Waals surface area contributed by atoms with Crippen molar-refractivity contribution in [3.63, 3.8) is 0 Å². The molecule has 0 radical (unpaired) electrons. The topological polar surface area (TPSA) is 77.6 Å². The maximum Gasteiger partial charge on any atom is 0.212 e. The molecular formula is C45H24N6. The fourth-order valence-corrected chi connectivity index (χ4v) is 8.01. The first-order valence-electron chi connectivity index (χ1n) is 16.6. The van der Waals surface area contributed by atoms with Gasteiger partial charge in [0.15, 0.2) is 0 Å². The molecule has 10 rings (SSSR count). The Labute approximate surface area is 291 Å². The highest BCUT2D eigenvalue weighted by Crippen LogP contribution is 2.44. The Morgan fingerprint density at radius 3 is 1.82 bits per heavy atom. The number of hydrogen-bond donors (Lipinski definition) is 1. The molecule has 0 saturated heterocycles. The highest BCUT2D eigenvalue weighted by molar-refractivity contribution is 6.22. The van der Waals surface area contributed by atoms with Gasteiger partial charge in [-0.3, -0.25) is 0 Å². The summed E-state index contributed by atoms with van der Waals surface area (Å²) in [5.74, 6) is 0. The van der Waals surface area contributed by atoms with Crippen LogP contribution in [0.3, 0.4) is 0 Å². The number of nitriles is 2. The summed E-state index contributed by atoms with van der Waals surface area (Å²) < 4.78 is 4.33. The minimum absolute atomic E-state index is 0.340. The van der Waals surface area contributed by atoms with Crippen molar-refractivity contribution < 1.29 is 0 Å². The molecule has 1 N–H and O–H groups in total. The van der Waals surface area contributed by atoms with Crippen LogP contribution in [-0.2, 0) is 0 Å². The van der Waals surface area contributed by atoms with Gasteiger partial charge in [-0.05, 0) is 54.1 Å². The number of aromatic amines is 1. The van der Waals surface area contributed by atoms with Crippen molar-refractivity contribution in [2.45, 2.75) is 0 Å². The van der Waals surface area contributed by atoms with Crippen molar-refractivity contribution in [3.05, 3.63) is 162 Å². The minimum Gasteiger partial charge on any atom is -0.353 e. The monoisotopic (exact) mass is 648 g/mol. The zero-order valence-electron chi connectivity index (χ0n) is 27.0. The summed E-state index contributed by atoms with van der Waals surface area (Å²) in [5, 5.41) is 27.6. The molecule has 10 aromatic rings. The fourth-order valence-electron chi connectivity index (χ4n) is 8.01. The average molecular weight is 649 g/mol. The van der Waals surface area contributed by atoms with Gasteiger partial charge in [-0.1, -0.05) is 91.0 Å². The van der Waals surface area contributed by atoms with E-state index in [9.17, 15) is 10.5 Å². The lowest BCUT2D eigenvalue weighted by Crippen LogP contribution is -2.01. The predicted molar refractivity (Wildman–Crippen MR) is 206 cm³/mol. The quantitative estimate of drug-likeness (QED) is 0.194. The molecule has 0 aliphatic carbocycles. The molecule has 0 saturated carbocycles. The second kappa shape index (κ2) is 10.7. The minimum atomic E-state index is 0.340. The van der Waals surface area contributed by atoms with Crippen LogP contribution in [0.5, 0.6) is 0 Å². The Morgan fingerprint density at radius 1 is 0.549 bits per heavy atom. The SMILES string of the molecule is [C-]#[N+]c1cc(C#N)cc(-c2ccc(-n3c4ccccc4c4ccc5c6ccccc6[nH]c5c43)cc2C#N)c1-n1c2ccccc2c2ccccc21. The highest BCUT2D eigenvalue weighted by Gasteiger charge is 2.23. The van der Waals surface area contributed by atoms with Gasteiger partial charge in [0.2, 0.25) is 5.69 Å². The molecule has 0 amide bonds. The molecule has 3 aromatic heterocycles. The Balaban J connectivity index is 1.28. The van der Waals surface area contributed by atoms with Crippen LogP contribution >= 0.6 is 0 Å². The maximum absolute atomic E-state index is 10.8. The molecule has 51 heavy (non-hydrogen) atoms. The highest BCUT2D eigenvalue weighted by atomic mass is 15.0. The van der Waals surface area contributed by atoms with E-state index in [0.717, 1.165) is 71.1 Å². The number of hydrogen-bond acceptors (Lipinski definition) is 2. The summed E-state index contributed by atoms with van der Waals surface area (Å²) in [7, 11) is 0. The van der Waals surface area contributed by atoms with Crippen LogP contribution in [0.2, 0.25) is 0 Å². The number of fused-ring (bicyclic) bond motifs is 10. The molecule has 0 spiro atoms. The summed E-state index contributed by atoms with van der Waals surface area (Å²) in [4.78, 5) is 7.64. The van der Waals surface area contributed by atoms with Gasteiger partial charge in [0.25, 0.3) is 0 Å². The van der Waals surface area contributed by atoms with E-state index in [0.29, 0.717) is 33.6 Å². The molecule has 0 atom stereocenters. The first-order chi connectivity index (χ1) is 25.2. The zero-order valence-corrected chi connectivity index (χ0v) is 27.0. The zero-order chi connectivity index (χ0) is 34.2. The third-order valence-electron chi connectivity index (χ3n) is 10.1. The van der Waals surface area contributed by atoms with Crippen molar-refractivity contribution in [2.24, 2.45) is 0 Å². The first kappa shape index (κ1) is 28.4. The van der Waals surface area contributed by atoms with Gasteiger partial charge in [-0.2, -0.15) is 10.5 Å². The maximum atomic E-state index is 10.8. The third-order valence-corrected chi connectivity index (χ3v) is 10.1. The van der Waals surface area contributed by atoms with Gasteiger partial charge in [-0.15, -0.1) is 0 Å². The molecule has 7 aromatic carbocycles. The molecule has 6 heteroatoms. The number of H-pyrrole nitrogens is 1. The van der Waals surface area contributed by atoms with Crippen LogP contribution in [0.4, 0.5) is 5.69 Å². The Hall–Kier alpha value is -7.59. The number of para-hydroxylation sites is 4. The lowest BCUT2D eigenvalue weighted by Gasteiger charge is -2.18. The predicted octanol–water partition coefficient (Wildman–Crippen LogP) is 11.5. The van der Waals surface area contributed by atoms with Gasteiger partial charge in [0, 0.05) is 54.6 Å². The van der Waals surface area contributed by atoms with Crippen molar-refractivity contribution >= 4 is 71.1 Å².